The highest BCUT2D eigenvalue weighted by atomic mass is 16.3. The fourth-order valence-corrected chi connectivity index (χ4v) is 3.42. The number of hydrogen-bond acceptors (Lipinski definition) is 4. The first-order valence-electron chi connectivity index (χ1n) is 8.75. The van der Waals surface area contributed by atoms with Crippen molar-refractivity contribution >= 4 is 22.4 Å². The Bertz CT molecular complexity index is 877. The van der Waals surface area contributed by atoms with Gasteiger partial charge in [0.15, 0.2) is 5.78 Å². The summed E-state index contributed by atoms with van der Waals surface area (Å²) in [7, 11) is 0. The molecule has 4 rings (SSSR count). The molecular weight excluding hydrogens is 312 g/mol. The van der Waals surface area contributed by atoms with Gasteiger partial charge in [0, 0.05) is 42.8 Å². The van der Waals surface area contributed by atoms with Crippen LogP contribution in [0.4, 0.5) is 5.69 Å². The Labute approximate surface area is 147 Å². The molecular formula is C21H22N2O2. The summed E-state index contributed by atoms with van der Waals surface area (Å²) < 4.78 is 5.95. The second kappa shape index (κ2) is 6.73. The molecule has 4 nitrogen and oxygen atoms in total. The molecule has 3 aromatic rings. The molecule has 1 fully saturated rings. The Morgan fingerprint density at radius 1 is 1.00 bits per heavy atom. The Hall–Kier alpha value is -2.59. The zero-order chi connectivity index (χ0) is 17.2. The monoisotopic (exact) mass is 334 g/mol. The van der Waals surface area contributed by atoms with Gasteiger partial charge in [-0.25, -0.2) is 0 Å². The lowest BCUT2D eigenvalue weighted by atomic mass is 10.1. The Balaban J connectivity index is 1.41. The fraction of sp³-hybridized carbons (Fsp3) is 0.286. The number of fused-ring (bicyclic) bond motifs is 1. The normalized spacial score (nSPS) is 15.6. The third-order valence-electron chi connectivity index (χ3n) is 4.85. The number of carbonyl (C=O) groups is 1. The van der Waals surface area contributed by atoms with Gasteiger partial charge in [0.05, 0.1) is 6.54 Å². The van der Waals surface area contributed by atoms with Crippen molar-refractivity contribution in [1.82, 2.24) is 4.90 Å². The molecule has 0 unspecified atom stereocenters. The van der Waals surface area contributed by atoms with Crippen molar-refractivity contribution in [3.05, 3.63) is 65.9 Å². The molecule has 0 saturated carbocycles. The molecule has 25 heavy (non-hydrogen) atoms. The maximum atomic E-state index is 11.5. The molecule has 0 aliphatic carbocycles. The minimum absolute atomic E-state index is 0.0849. The Morgan fingerprint density at radius 3 is 2.48 bits per heavy atom. The minimum Gasteiger partial charge on any atom is -0.460 e. The van der Waals surface area contributed by atoms with Gasteiger partial charge in [-0.1, -0.05) is 18.2 Å². The number of nitrogens with zero attached hydrogens (tertiary/aromatic N) is 2. The van der Waals surface area contributed by atoms with E-state index in [1.165, 1.54) is 5.69 Å². The third-order valence-corrected chi connectivity index (χ3v) is 4.85. The van der Waals surface area contributed by atoms with Crippen LogP contribution >= 0.6 is 0 Å². The van der Waals surface area contributed by atoms with E-state index in [0.29, 0.717) is 0 Å². The highest BCUT2D eigenvalue weighted by Gasteiger charge is 2.18. The van der Waals surface area contributed by atoms with Crippen LogP contribution in [0.5, 0.6) is 0 Å². The molecule has 0 spiro atoms. The Morgan fingerprint density at radius 2 is 1.76 bits per heavy atom. The van der Waals surface area contributed by atoms with Gasteiger partial charge in [0.25, 0.3) is 0 Å². The smallest absolute Gasteiger partial charge is 0.159 e. The van der Waals surface area contributed by atoms with Gasteiger partial charge in [-0.3, -0.25) is 9.69 Å². The SMILES string of the molecule is CC(=O)c1ccc2oc(CN3CCN(c4ccccc4)CC3)cc2c1. The standard InChI is InChI=1S/C21H22N2O2/c1-16(24)17-7-8-21-18(13-17)14-20(25-21)15-22-9-11-23(12-10-22)19-5-3-2-4-6-19/h2-8,13-14H,9-12,15H2,1H3. The van der Waals surface area contributed by atoms with Crippen LogP contribution in [0.2, 0.25) is 0 Å². The van der Waals surface area contributed by atoms with E-state index in [9.17, 15) is 4.79 Å². The molecule has 1 aromatic heterocycles. The van der Waals surface area contributed by atoms with Crippen molar-refractivity contribution in [2.75, 3.05) is 31.1 Å². The van der Waals surface area contributed by atoms with Crippen LogP contribution in [0.15, 0.2) is 59.0 Å². The maximum Gasteiger partial charge on any atom is 0.159 e. The van der Waals surface area contributed by atoms with Gasteiger partial charge in [-0.05, 0) is 43.3 Å². The molecule has 2 heterocycles. The van der Waals surface area contributed by atoms with Crippen LogP contribution in [-0.2, 0) is 6.54 Å². The molecule has 0 amide bonds. The summed E-state index contributed by atoms with van der Waals surface area (Å²) in [6.07, 6.45) is 0. The number of hydrogen-bond donors (Lipinski definition) is 0. The lowest BCUT2D eigenvalue weighted by Crippen LogP contribution is -2.45. The minimum atomic E-state index is 0.0849. The highest BCUT2D eigenvalue weighted by molar-refractivity contribution is 5.97. The van der Waals surface area contributed by atoms with Gasteiger partial charge < -0.3 is 9.32 Å². The summed E-state index contributed by atoms with van der Waals surface area (Å²) in [6.45, 7) is 6.49. The molecule has 0 N–H and O–H groups in total. The van der Waals surface area contributed by atoms with E-state index in [4.69, 9.17) is 4.42 Å². The predicted octanol–water partition coefficient (Wildman–Crippen LogP) is 3.96. The maximum absolute atomic E-state index is 11.5. The quantitative estimate of drug-likeness (QED) is 0.677. The second-order valence-electron chi connectivity index (χ2n) is 6.62. The molecule has 128 valence electrons. The molecule has 1 aliphatic heterocycles. The summed E-state index contributed by atoms with van der Waals surface area (Å²) in [6, 6.07) is 18.3. The number of benzene rings is 2. The lowest BCUT2D eigenvalue weighted by molar-refractivity contribution is 0.101. The van der Waals surface area contributed by atoms with Crippen LogP contribution in [0.25, 0.3) is 11.0 Å². The Kier molecular flexibility index (Phi) is 4.28. The average Bonchev–Trinajstić information content (AvgIpc) is 3.04. The van der Waals surface area contributed by atoms with Gasteiger partial charge in [-0.15, -0.1) is 0 Å². The number of anilines is 1. The number of rotatable bonds is 4. The molecule has 0 bridgehead atoms. The first-order chi connectivity index (χ1) is 12.2. The molecule has 0 atom stereocenters. The van der Waals surface area contributed by atoms with E-state index in [-0.39, 0.29) is 5.78 Å². The van der Waals surface area contributed by atoms with Crippen molar-refractivity contribution in [3.8, 4) is 0 Å². The summed E-state index contributed by atoms with van der Waals surface area (Å²) in [5.41, 5.74) is 2.88. The van der Waals surface area contributed by atoms with E-state index in [0.717, 1.165) is 55.0 Å². The van der Waals surface area contributed by atoms with E-state index < -0.39 is 0 Å². The zero-order valence-corrected chi connectivity index (χ0v) is 14.4. The molecule has 1 saturated heterocycles. The van der Waals surface area contributed by atoms with Crippen LogP contribution in [0, 0.1) is 0 Å². The first-order valence-corrected chi connectivity index (χ1v) is 8.75. The summed E-state index contributed by atoms with van der Waals surface area (Å²) in [4.78, 5) is 16.4. The van der Waals surface area contributed by atoms with Crippen LogP contribution < -0.4 is 4.90 Å². The number of carbonyl (C=O) groups excluding carboxylic acids is 1. The average molecular weight is 334 g/mol. The largest absolute Gasteiger partial charge is 0.460 e. The van der Waals surface area contributed by atoms with Crippen molar-refractivity contribution in [2.24, 2.45) is 0 Å². The van der Waals surface area contributed by atoms with E-state index in [2.05, 4.69) is 46.2 Å². The molecule has 1 aliphatic rings. The topological polar surface area (TPSA) is 36.7 Å². The van der Waals surface area contributed by atoms with Crippen LogP contribution in [0.1, 0.15) is 23.0 Å². The predicted molar refractivity (Wildman–Crippen MR) is 100 cm³/mol. The van der Waals surface area contributed by atoms with E-state index in [1.807, 2.05) is 18.2 Å². The van der Waals surface area contributed by atoms with Crippen molar-refractivity contribution in [3.63, 3.8) is 0 Å². The zero-order valence-electron chi connectivity index (χ0n) is 14.4. The second-order valence-corrected chi connectivity index (χ2v) is 6.62. The number of Topliss-reactive ketones (excluding diaryl/α,β-unsaturated/α-hetero) is 1. The molecule has 0 radical (unpaired) electrons. The van der Waals surface area contributed by atoms with Gasteiger partial charge in [0.1, 0.15) is 11.3 Å². The fourth-order valence-electron chi connectivity index (χ4n) is 3.42. The van der Waals surface area contributed by atoms with Gasteiger partial charge in [-0.2, -0.15) is 0 Å². The van der Waals surface area contributed by atoms with E-state index in [1.54, 1.807) is 6.92 Å². The first kappa shape index (κ1) is 15.9. The van der Waals surface area contributed by atoms with Crippen molar-refractivity contribution < 1.29 is 9.21 Å². The van der Waals surface area contributed by atoms with E-state index >= 15 is 0 Å². The number of para-hydroxylation sites is 1. The van der Waals surface area contributed by atoms with Crippen LogP contribution in [0.3, 0.4) is 0 Å². The molecule has 4 heteroatoms. The highest BCUT2D eigenvalue weighted by Crippen LogP contribution is 2.23. The summed E-state index contributed by atoms with van der Waals surface area (Å²) >= 11 is 0. The van der Waals surface area contributed by atoms with Crippen LogP contribution in [-0.4, -0.2) is 36.9 Å². The lowest BCUT2D eigenvalue weighted by Gasteiger charge is -2.35. The number of ketones is 1. The number of furan rings is 1. The summed E-state index contributed by atoms with van der Waals surface area (Å²) in [5, 5.41) is 1.01. The number of piperazine rings is 1. The van der Waals surface area contributed by atoms with Crippen molar-refractivity contribution in [1.29, 1.82) is 0 Å². The third kappa shape index (κ3) is 3.44. The van der Waals surface area contributed by atoms with Crippen molar-refractivity contribution in [2.45, 2.75) is 13.5 Å². The van der Waals surface area contributed by atoms with Gasteiger partial charge >= 0.3 is 0 Å². The summed E-state index contributed by atoms with van der Waals surface area (Å²) in [5.74, 6) is 1.05. The molecule has 2 aromatic carbocycles. The van der Waals surface area contributed by atoms with Gasteiger partial charge in [0.2, 0.25) is 0 Å².